The molecule has 0 bridgehead atoms. The summed E-state index contributed by atoms with van der Waals surface area (Å²) in [7, 11) is 12.9. The fourth-order valence-electron chi connectivity index (χ4n) is 17.3. The minimum Gasteiger partial charge on any atom is -0.444 e. The van der Waals surface area contributed by atoms with Crippen molar-refractivity contribution in [2.45, 2.75) is 202 Å². The first-order valence-electron chi connectivity index (χ1n) is 50.3. The summed E-state index contributed by atoms with van der Waals surface area (Å²) < 4.78 is 76.8. The van der Waals surface area contributed by atoms with Crippen LogP contribution in [0.2, 0.25) is 0 Å². The van der Waals surface area contributed by atoms with Gasteiger partial charge in [0.25, 0.3) is 8.53 Å². The molecule has 4 amide bonds. The summed E-state index contributed by atoms with van der Waals surface area (Å²) in [5, 5.41) is 20.3. The maximum Gasteiger partial charge on any atom is 0.410 e. The van der Waals surface area contributed by atoms with Crippen molar-refractivity contribution in [2.24, 2.45) is 23.7 Å². The molecule has 0 unspecified atom stereocenters. The van der Waals surface area contributed by atoms with Crippen LogP contribution in [0, 0.1) is 23.7 Å². The molecule has 0 radical (unpaired) electrons. The van der Waals surface area contributed by atoms with Crippen LogP contribution in [0.4, 0.5) is 19.2 Å². The van der Waals surface area contributed by atoms with Gasteiger partial charge in [-0.25, -0.2) is 37.9 Å². The fourth-order valence-corrected chi connectivity index (χ4v) is 25.3. The Kier molecular flexibility index (Phi) is 51.1. The number of amides is 4. The van der Waals surface area contributed by atoms with Crippen LogP contribution in [0.25, 0.3) is 44.5 Å². The highest BCUT2D eigenvalue weighted by molar-refractivity contribution is 8.55. The summed E-state index contributed by atoms with van der Waals surface area (Å²) in [4.78, 5) is 88.1. The molecule has 0 fully saturated rings. The van der Waals surface area contributed by atoms with Crippen molar-refractivity contribution >= 4 is 98.8 Å². The highest BCUT2D eigenvalue weighted by Gasteiger charge is 2.41. The number of fused-ring (bicyclic) bond motifs is 12. The third kappa shape index (κ3) is 41.7. The SMILES string of the molecule is CC(C)(C)OO.CC(C)N(C(C)C)P(OCC1c2ccccc2-c2ccccc21)OCC1c2ccccc2-c2ccccc21.CN(CC(CS)CN(C)C(=O)OC(C)(C)C)C(=O)OC(C)(C)C.CN(CC(CSP(=O)(OCC1c2ccccc2-c2ccccc21)OCC1c2ccccc2-c2ccccc21)CN(C)C(=O)OC(C)(C)C)C(=O)OC(C)(C)C.CNCC(CNC)CSC(C)=O.CNCC(CNC)CSP(=O)(O)O. The molecule has 812 valence electrons. The second kappa shape index (κ2) is 59.5. The number of hydrogen-bond acceptors (Lipinski definition) is 26. The summed E-state index contributed by atoms with van der Waals surface area (Å²) in [6.45, 7) is 36.2. The van der Waals surface area contributed by atoms with Gasteiger partial charge in [0.2, 0.25) is 0 Å². The minimum atomic E-state index is -3.91. The Balaban J connectivity index is 0.000000274. The molecule has 35 heteroatoms. The standard InChI is InChI=1S/C44H53N2O7PS.C34H36NO2P.C16H32N2O4S.C8H18N2OS.C6H17N2O3PS.C4H10O2/c1-43(2,3)52-41(47)45(7)25-30(26-46(8)42(48)53-44(4,5)6)29-55-54(49,50-27-39-35-21-13-9-17-31(35)32-18-10-14-22-36(32)39)51-28-40-37-23-15-11-19-33(37)34-20-12-16-24-38(34)40;1-23(2)35(24(3)4)38(36-21-33-29-17-9-5-13-25(29)26-14-6-10-18-30(26)33)37-22-34-31-19-11-7-15-27(31)28-16-8-12-20-32(28)34;1-15(2,3)21-13(19)17(7)9-12(11-23)10-18(8)14(20)22-16(4,5)6;1-7(11)12-6-8(4-9-2)5-10-3;1-7-3-6(4-8-2)5-13-12(9,10)11;1-4(2,3)6-5/h9-24,30,39-40H,25-29H2,1-8H3;5-20,23-24,33-34H,21-22H2,1-4H3;12,23H,9-11H2,1-8H3;8-10H,4-6H2,1-3H3;6-8H,3-5H2,1-2H3,(H2,9,10,11);5H,1-3H3. The molecule has 0 spiro atoms. The van der Waals surface area contributed by atoms with Crippen LogP contribution in [0.5, 0.6) is 0 Å². The molecule has 0 heterocycles. The molecule has 8 aromatic rings. The Hall–Kier alpha value is -7.72. The van der Waals surface area contributed by atoms with Gasteiger partial charge >= 0.3 is 38.0 Å². The van der Waals surface area contributed by atoms with E-state index in [1.165, 1.54) is 75.9 Å². The summed E-state index contributed by atoms with van der Waals surface area (Å²) >= 11 is 7.54. The van der Waals surface area contributed by atoms with Gasteiger partial charge in [0, 0.05) is 126 Å². The van der Waals surface area contributed by atoms with Crippen LogP contribution in [-0.2, 0) is 55.9 Å². The van der Waals surface area contributed by atoms with E-state index in [0.717, 1.165) is 87.8 Å². The highest BCUT2D eigenvalue weighted by Crippen LogP contribution is 2.64. The molecule has 28 nitrogen and oxygen atoms in total. The van der Waals surface area contributed by atoms with Crippen LogP contribution in [0.3, 0.4) is 0 Å². The number of rotatable bonds is 40. The van der Waals surface area contributed by atoms with Crippen molar-refractivity contribution in [2.75, 3.05) is 158 Å². The number of carbonyl (C=O) groups excluding carboxylic acids is 5. The van der Waals surface area contributed by atoms with Gasteiger partial charge in [0.05, 0.1) is 32.0 Å². The Morgan fingerprint density at radius 2 is 0.592 bits per heavy atom. The van der Waals surface area contributed by atoms with Gasteiger partial charge in [-0.3, -0.25) is 19.1 Å². The molecule has 0 saturated heterocycles. The summed E-state index contributed by atoms with van der Waals surface area (Å²) in [6.07, 6.45) is -1.75. The number of thiol groups is 1. The summed E-state index contributed by atoms with van der Waals surface area (Å²) in [5.41, 5.74) is 16.9. The highest BCUT2D eigenvalue weighted by atomic mass is 32.7. The van der Waals surface area contributed by atoms with Crippen molar-refractivity contribution in [3.63, 3.8) is 0 Å². The number of benzene rings is 8. The van der Waals surface area contributed by atoms with Gasteiger partial charge in [-0.15, -0.1) is 0 Å². The molecule has 0 aliphatic heterocycles. The fraction of sp³-hybridized carbons (Fsp3) is 0.527. The average molecular weight is 2160 g/mol. The number of thioether (sulfide) groups is 1. The molecule has 147 heavy (non-hydrogen) atoms. The normalized spacial score (nSPS) is 13.3. The number of ether oxygens (including phenoxy) is 4. The molecule has 8 aromatic carbocycles. The van der Waals surface area contributed by atoms with Crippen molar-refractivity contribution in [3.05, 3.63) is 239 Å². The van der Waals surface area contributed by atoms with E-state index in [1.54, 1.807) is 55.9 Å². The molecular weight excluding hydrogens is 2000 g/mol. The van der Waals surface area contributed by atoms with Gasteiger partial charge in [0.1, 0.15) is 22.4 Å². The van der Waals surface area contributed by atoms with Gasteiger partial charge in [-0.2, -0.15) is 12.6 Å². The van der Waals surface area contributed by atoms with Gasteiger partial charge in [0.15, 0.2) is 5.12 Å². The van der Waals surface area contributed by atoms with E-state index >= 15 is 4.57 Å². The second-order valence-corrected chi connectivity index (χ2v) is 53.7. The van der Waals surface area contributed by atoms with E-state index in [0.29, 0.717) is 67.2 Å². The molecule has 7 N–H and O–H groups in total. The molecule has 0 saturated carbocycles. The van der Waals surface area contributed by atoms with Gasteiger partial charge in [-0.1, -0.05) is 206 Å². The van der Waals surface area contributed by atoms with Crippen LogP contribution < -0.4 is 21.3 Å². The van der Waals surface area contributed by atoms with E-state index in [4.69, 9.17) is 52.1 Å². The van der Waals surface area contributed by atoms with Gasteiger partial charge in [-0.05, 0) is 315 Å². The van der Waals surface area contributed by atoms with E-state index in [9.17, 15) is 28.5 Å². The first kappa shape index (κ1) is 126. The van der Waals surface area contributed by atoms with Crippen LogP contribution in [-0.4, -0.2) is 267 Å². The third-order valence-corrected chi connectivity index (χ3v) is 33.4. The molecular formula is C112H166N9O19P3S4. The maximum atomic E-state index is 15.2. The predicted molar refractivity (Wildman–Crippen MR) is 608 cm³/mol. The first-order valence-corrected chi connectivity index (χ1v) is 59.4. The summed E-state index contributed by atoms with van der Waals surface area (Å²) in [5.74, 6) is 2.78. The quantitative estimate of drug-likeness (QED) is 0.00581. The Labute approximate surface area is 895 Å². The smallest absolute Gasteiger partial charge is 0.410 e. The molecule has 12 rings (SSSR count). The minimum absolute atomic E-state index is 0.0216. The molecule has 4 aliphatic rings. The Morgan fingerprint density at radius 3 is 0.803 bits per heavy atom. The molecule has 0 aromatic heterocycles. The zero-order chi connectivity index (χ0) is 109. The second-order valence-electron chi connectivity index (χ2n) is 42.8. The predicted octanol–water partition coefficient (Wildman–Crippen LogP) is 24.6. The summed E-state index contributed by atoms with van der Waals surface area (Å²) in [6, 6.07) is 68.7. The monoisotopic (exact) mass is 2160 g/mol. The van der Waals surface area contributed by atoms with Crippen molar-refractivity contribution in [1.29, 1.82) is 0 Å². The maximum absolute atomic E-state index is 15.2. The number of carbonyl (C=O) groups is 5. The van der Waals surface area contributed by atoms with Crippen molar-refractivity contribution in [3.8, 4) is 44.5 Å². The van der Waals surface area contributed by atoms with Crippen LogP contribution in [0.1, 0.15) is 207 Å². The molecule has 4 aliphatic carbocycles. The van der Waals surface area contributed by atoms with E-state index in [2.05, 4.69) is 217 Å². The topological polar surface area (TPSA) is 328 Å². The first-order chi connectivity index (χ1) is 69.1. The van der Waals surface area contributed by atoms with E-state index in [-0.39, 0.29) is 90.8 Å². The largest absolute Gasteiger partial charge is 0.444 e. The van der Waals surface area contributed by atoms with Crippen LogP contribution in [0.15, 0.2) is 194 Å². The van der Waals surface area contributed by atoms with Crippen LogP contribution >= 0.6 is 69.3 Å². The lowest BCUT2D eigenvalue weighted by molar-refractivity contribution is -0.306. The Bertz CT molecular complexity index is 5080. The van der Waals surface area contributed by atoms with E-state index in [1.807, 2.05) is 160 Å². The number of hydrogen-bond donors (Lipinski definition) is 8. The lowest BCUT2D eigenvalue weighted by atomic mass is 9.98. The zero-order valence-corrected chi connectivity index (χ0v) is 97.7. The Morgan fingerprint density at radius 1 is 0.367 bits per heavy atom. The average Bonchev–Trinajstić information content (AvgIpc) is 1.62. The lowest BCUT2D eigenvalue weighted by Crippen LogP contribution is -2.42. The zero-order valence-electron chi connectivity index (χ0n) is 91.7. The molecule has 0 atom stereocenters. The van der Waals surface area contributed by atoms with Gasteiger partial charge < -0.3 is 78.6 Å². The lowest BCUT2D eigenvalue weighted by Gasteiger charge is -2.36. The third-order valence-electron chi connectivity index (χ3n) is 23.5. The number of nitrogens with one attached hydrogen (secondary N) is 4. The van der Waals surface area contributed by atoms with Crippen molar-refractivity contribution in [1.82, 2.24) is 45.5 Å². The van der Waals surface area contributed by atoms with Crippen molar-refractivity contribution < 1.29 is 90.1 Å². The van der Waals surface area contributed by atoms with E-state index < -0.39 is 62.3 Å². The number of nitrogens with zero attached hydrogens (tertiary/aromatic N) is 5.